The summed E-state index contributed by atoms with van der Waals surface area (Å²) in [6.07, 6.45) is 8.75. The van der Waals surface area contributed by atoms with Crippen LogP contribution in [0.3, 0.4) is 0 Å². The van der Waals surface area contributed by atoms with Crippen molar-refractivity contribution < 1.29 is 18.5 Å². The molecule has 7 rings (SSSR count). The summed E-state index contributed by atoms with van der Waals surface area (Å²) < 4.78 is 19.1. The number of nitrogens with two attached hydrogens (primary N) is 2. The number of nitrogens with zero attached hydrogens (tertiary/aromatic N) is 5. The van der Waals surface area contributed by atoms with Gasteiger partial charge in [0, 0.05) is 49.7 Å². The molecule has 6 N–H and O–H groups in total. The highest BCUT2D eigenvalue weighted by Crippen LogP contribution is 2.37. The third-order valence-electron chi connectivity index (χ3n) is 7.70. The van der Waals surface area contributed by atoms with Gasteiger partial charge in [0.2, 0.25) is 11.4 Å². The highest BCUT2D eigenvalue weighted by Gasteiger charge is 2.26. The Kier molecular flexibility index (Phi) is 6.76. The Bertz CT molecular complexity index is 1840. The number of morpholine rings is 1. The maximum atomic E-state index is 12.8. The van der Waals surface area contributed by atoms with Crippen LogP contribution in [0, 0.1) is 0 Å². The molecular weight excluding hydrogens is 562 g/mol. The number of hydrogen-bond donors (Lipinski definition) is 4. The van der Waals surface area contributed by atoms with E-state index < -0.39 is 5.91 Å². The van der Waals surface area contributed by atoms with Crippen LogP contribution >= 0.6 is 11.3 Å². The Morgan fingerprint density at radius 3 is 2.81 bits per heavy atom. The van der Waals surface area contributed by atoms with Gasteiger partial charge in [-0.3, -0.25) is 14.0 Å². The summed E-state index contributed by atoms with van der Waals surface area (Å²) in [6.45, 7) is 2.60. The molecule has 1 saturated heterocycles. The molecule has 0 spiro atoms. The van der Waals surface area contributed by atoms with Gasteiger partial charge in [0.1, 0.15) is 11.8 Å². The molecule has 218 valence electrons. The van der Waals surface area contributed by atoms with Crippen molar-refractivity contribution in [1.82, 2.24) is 19.5 Å². The first-order valence-electron chi connectivity index (χ1n) is 13.8. The topological polar surface area (TPSA) is 192 Å². The van der Waals surface area contributed by atoms with Gasteiger partial charge in [0.25, 0.3) is 5.91 Å². The number of rotatable bonds is 7. The molecule has 5 aromatic heterocycles. The van der Waals surface area contributed by atoms with Crippen LogP contribution in [0.25, 0.3) is 27.3 Å². The number of imidazole rings is 1. The summed E-state index contributed by atoms with van der Waals surface area (Å²) in [5.41, 5.74) is 13.2. The molecule has 42 heavy (non-hydrogen) atoms. The summed E-state index contributed by atoms with van der Waals surface area (Å²) >= 11 is 1.44. The normalized spacial score (nSPS) is 19.4. The molecule has 2 fully saturated rings. The van der Waals surface area contributed by atoms with Crippen molar-refractivity contribution >= 4 is 55.8 Å². The first-order chi connectivity index (χ1) is 20.5. The lowest BCUT2D eigenvalue weighted by Crippen LogP contribution is -2.43. The minimum Gasteiger partial charge on any atom is -0.459 e. The van der Waals surface area contributed by atoms with E-state index in [4.69, 9.17) is 30.1 Å². The van der Waals surface area contributed by atoms with Crippen LogP contribution in [0.1, 0.15) is 36.0 Å². The lowest BCUT2D eigenvalue weighted by Gasteiger charge is -2.30. The van der Waals surface area contributed by atoms with Crippen molar-refractivity contribution in [3.63, 3.8) is 0 Å². The maximum Gasteiger partial charge on any atom is 0.256 e. The second-order valence-electron chi connectivity index (χ2n) is 10.4. The van der Waals surface area contributed by atoms with Crippen molar-refractivity contribution in [3.8, 4) is 11.3 Å². The molecule has 6 heterocycles. The number of amides is 1. The Labute approximate surface area is 242 Å². The monoisotopic (exact) mass is 591 g/mol. The van der Waals surface area contributed by atoms with Crippen LogP contribution in [0.15, 0.2) is 44.5 Å². The summed E-state index contributed by atoms with van der Waals surface area (Å²) in [6, 6.07) is 3.24. The average molecular weight is 592 g/mol. The first-order valence-corrected chi connectivity index (χ1v) is 14.6. The first kappa shape index (κ1) is 26.4. The van der Waals surface area contributed by atoms with E-state index in [0.29, 0.717) is 53.9 Å². The largest absolute Gasteiger partial charge is 0.459 e. The Hall–Kier alpha value is -4.47. The van der Waals surface area contributed by atoms with Gasteiger partial charge >= 0.3 is 0 Å². The smallest absolute Gasteiger partial charge is 0.256 e. The number of primary amides is 1. The van der Waals surface area contributed by atoms with E-state index in [1.165, 1.54) is 17.6 Å². The highest BCUT2D eigenvalue weighted by atomic mass is 32.1. The molecule has 1 amide bonds. The highest BCUT2D eigenvalue weighted by molar-refractivity contribution is 7.22. The number of aromatic nitrogens is 4. The van der Waals surface area contributed by atoms with Crippen LogP contribution in [-0.4, -0.2) is 63.8 Å². The molecule has 0 bridgehead atoms. The summed E-state index contributed by atoms with van der Waals surface area (Å²) in [5, 5.41) is 11.5. The quantitative estimate of drug-likeness (QED) is 0.217. The van der Waals surface area contributed by atoms with Crippen LogP contribution in [0.2, 0.25) is 0 Å². The van der Waals surface area contributed by atoms with Crippen LogP contribution in [0.4, 0.5) is 22.6 Å². The fourth-order valence-corrected chi connectivity index (χ4v) is 6.71. The summed E-state index contributed by atoms with van der Waals surface area (Å²) in [4.78, 5) is 36.6. The fourth-order valence-electron chi connectivity index (χ4n) is 5.53. The van der Waals surface area contributed by atoms with E-state index in [1.807, 2.05) is 0 Å². The van der Waals surface area contributed by atoms with Crippen molar-refractivity contribution in [2.24, 2.45) is 11.5 Å². The molecule has 1 aliphatic heterocycles. The van der Waals surface area contributed by atoms with E-state index in [-0.39, 0.29) is 40.3 Å². The number of hydrogen-bond acceptors (Lipinski definition) is 13. The van der Waals surface area contributed by atoms with Crippen LogP contribution in [0.5, 0.6) is 0 Å². The number of furan rings is 1. The van der Waals surface area contributed by atoms with Crippen LogP contribution < -0.4 is 32.4 Å². The molecular formula is C27H29N9O5S. The van der Waals surface area contributed by atoms with Gasteiger partial charge in [-0.15, -0.1) is 11.3 Å². The van der Waals surface area contributed by atoms with Crippen molar-refractivity contribution in [1.29, 1.82) is 0 Å². The molecule has 5 aromatic rings. The Balaban J connectivity index is 1.23. The van der Waals surface area contributed by atoms with Gasteiger partial charge in [-0.25, -0.2) is 4.98 Å². The predicted octanol–water partition coefficient (Wildman–Crippen LogP) is 2.91. The number of carbonyl (C=O) groups excluding carboxylic acids is 1. The van der Waals surface area contributed by atoms with E-state index in [9.17, 15) is 9.59 Å². The van der Waals surface area contributed by atoms with E-state index in [0.717, 1.165) is 30.7 Å². The van der Waals surface area contributed by atoms with Crippen LogP contribution in [-0.2, 0) is 4.74 Å². The van der Waals surface area contributed by atoms with E-state index >= 15 is 0 Å². The van der Waals surface area contributed by atoms with Gasteiger partial charge in [-0.05, 0) is 12.8 Å². The second kappa shape index (κ2) is 10.7. The standard InChI is InChI=1S/C27H29N9O5S/c28-15-3-1-2-4-16(15)31-27-33-25(21(24(29)38)26-30-5-6-36(26)27)32-19-12-18(41-34-19)14-13-40-22-17(37)11-20(42-23(14)22)35-7-9-39-10-8-35/h5-6,11-13,15-16H,1-4,7-10,28H2,(H2,29,38)(H,31,33)(H,32,34)/t15-,16+/m1/s1. The van der Waals surface area contributed by atoms with E-state index in [2.05, 4.69) is 25.7 Å². The predicted molar refractivity (Wildman–Crippen MR) is 158 cm³/mol. The second-order valence-corrected chi connectivity index (χ2v) is 11.4. The molecule has 0 unspecified atom stereocenters. The molecule has 2 aliphatic rings. The molecule has 14 nitrogen and oxygen atoms in total. The zero-order chi connectivity index (χ0) is 28.8. The lowest BCUT2D eigenvalue weighted by atomic mass is 9.91. The van der Waals surface area contributed by atoms with E-state index in [1.54, 1.807) is 28.9 Å². The number of carbonyl (C=O) groups is 1. The number of ether oxygens (including phenoxy) is 1. The third kappa shape index (κ3) is 4.74. The number of fused-ring (bicyclic) bond motifs is 2. The minimum absolute atomic E-state index is 0.0197. The molecule has 0 aromatic carbocycles. The van der Waals surface area contributed by atoms with Gasteiger partial charge in [0.05, 0.1) is 28.5 Å². The zero-order valence-electron chi connectivity index (χ0n) is 22.5. The zero-order valence-corrected chi connectivity index (χ0v) is 23.4. The minimum atomic E-state index is -0.702. The summed E-state index contributed by atoms with van der Waals surface area (Å²) in [7, 11) is 0. The molecule has 15 heteroatoms. The molecule has 1 saturated carbocycles. The summed E-state index contributed by atoms with van der Waals surface area (Å²) in [5.74, 6) is 0.598. The van der Waals surface area contributed by atoms with Crippen molar-refractivity contribution in [2.75, 3.05) is 41.8 Å². The maximum absolute atomic E-state index is 12.8. The van der Waals surface area contributed by atoms with Crippen molar-refractivity contribution in [2.45, 2.75) is 37.8 Å². The van der Waals surface area contributed by atoms with Gasteiger partial charge in [0.15, 0.2) is 28.6 Å². The molecule has 1 aliphatic carbocycles. The SMILES string of the molecule is NC(=O)c1c(Nc2cc(-c3coc4c(=O)cc(N5CCOCC5)sc34)on2)nc(N[C@H]2CCCC[C@H]2N)n2ccnc12. The van der Waals surface area contributed by atoms with Gasteiger partial charge < -0.3 is 40.7 Å². The van der Waals surface area contributed by atoms with Gasteiger partial charge in [-0.2, -0.15) is 4.98 Å². The molecule has 2 atom stereocenters. The lowest BCUT2D eigenvalue weighted by molar-refractivity contribution is 0.100. The molecule has 0 radical (unpaired) electrons. The Morgan fingerprint density at radius 2 is 2.00 bits per heavy atom. The number of anilines is 4. The average Bonchev–Trinajstić information content (AvgIpc) is 3.75. The van der Waals surface area contributed by atoms with Crippen molar-refractivity contribution in [3.05, 3.63) is 46.6 Å². The Morgan fingerprint density at radius 1 is 1.17 bits per heavy atom. The fraction of sp³-hybridized carbons (Fsp3) is 0.370. The number of nitrogens with one attached hydrogen (secondary N) is 2. The third-order valence-corrected chi connectivity index (χ3v) is 8.90. The van der Waals surface area contributed by atoms with Gasteiger partial charge in [-0.1, -0.05) is 18.0 Å².